The fraction of sp³-hybridized carbons (Fsp3) is 0.308. The number of anilines is 1. The number of carboxylic acid groups (broad SMARTS) is 1. The Morgan fingerprint density at radius 3 is 2.88 bits per heavy atom. The van der Waals surface area contributed by atoms with Crippen LogP contribution in [0.4, 0.5) is 5.69 Å². The van der Waals surface area contributed by atoms with Crippen molar-refractivity contribution < 1.29 is 9.90 Å². The van der Waals surface area contributed by atoms with Crippen molar-refractivity contribution in [1.29, 1.82) is 0 Å². The molecule has 0 bridgehead atoms. The Bertz CT molecular complexity index is 451. The summed E-state index contributed by atoms with van der Waals surface area (Å²) in [7, 11) is 0. The van der Waals surface area contributed by atoms with Gasteiger partial charge in [0.25, 0.3) is 0 Å². The highest BCUT2D eigenvalue weighted by molar-refractivity contribution is 7.98. The quantitative estimate of drug-likeness (QED) is 0.622. The Labute approximate surface area is 106 Å². The molecule has 0 saturated heterocycles. The smallest absolute Gasteiger partial charge is 0.338 e. The molecular formula is C13H15NO2S. The van der Waals surface area contributed by atoms with E-state index in [1.54, 1.807) is 12.1 Å². The Morgan fingerprint density at radius 1 is 1.65 bits per heavy atom. The van der Waals surface area contributed by atoms with Crippen LogP contribution in [0.1, 0.15) is 23.7 Å². The van der Waals surface area contributed by atoms with E-state index in [1.165, 1.54) is 11.8 Å². The number of carboxylic acids is 1. The van der Waals surface area contributed by atoms with Crippen LogP contribution < -0.4 is 5.32 Å². The SMILES string of the molecule is C#CCC(C)Nc1cccc(SC)c1C(=O)O. The summed E-state index contributed by atoms with van der Waals surface area (Å²) < 4.78 is 0. The van der Waals surface area contributed by atoms with Gasteiger partial charge in [0.2, 0.25) is 0 Å². The van der Waals surface area contributed by atoms with Gasteiger partial charge >= 0.3 is 5.97 Å². The van der Waals surface area contributed by atoms with E-state index in [0.29, 0.717) is 17.7 Å². The molecular weight excluding hydrogens is 234 g/mol. The first-order valence-corrected chi connectivity index (χ1v) is 6.43. The molecule has 17 heavy (non-hydrogen) atoms. The first-order chi connectivity index (χ1) is 8.10. The molecule has 2 N–H and O–H groups in total. The second-order valence-electron chi connectivity index (χ2n) is 3.64. The van der Waals surface area contributed by atoms with Gasteiger partial charge in [0.05, 0.1) is 11.3 Å². The zero-order valence-electron chi connectivity index (χ0n) is 9.86. The third-order valence-corrected chi connectivity index (χ3v) is 3.07. The van der Waals surface area contributed by atoms with E-state index >= 15 is 0 Å². The second kappa shape index (κ2) is 6.21. The van der Waals surface area contributed by atoms with Crippen LogP contribution in [0, 0.1) is 12.3 Å². The van der Waals surface area contributed by atoms with Gasteiger partial charge in [-0.25, -0.2) is 4.79 Å². The average Bonchev–Trinajstić information content (AvgIpc) is 2.28. The van der Waals surface area contributed by atoms with Gasteiger partial charge in [0.1, 0.15) is 0 Å². The lowest BCUT2D eigenvalue weighted by atomic mass is 10.1. The minimum absolute atomic E-state index is 0.0511. The third kappa shape index (κ3) is 3.43. The van der Waals surface area contributed by atoms with Crippen LogP contribution in [-0.2, 0) is 0 Å². The zero-order valence-corrected chi connectivity index (χ0v) is 10.7. The molecule has 1 aromatic rings. The molecule has 3 nitrogen and oxygen atoms in total. The highest BCUT2D eigenvalue weighted by Gasteiger charge is 2.15. The summed E-state index contributed by atoms with van der Waals surface area (Å²) in [6.07, 6.45) is 7.64. The molecule has 0 aliphatic heterocycles. The van der Waals surface area contributed by atoms with Gasteiger partial charge in [-0.1, -0.05) is 6.07 Å². The van der Waals surface area contributed by atoms with Crippen LogP contribution in [0.15, 0.2) is 23.1 Å². The van der Waals surface area contributed by atoms with Crippen LogP contribution in [0.25, 0.3) is 0 Å². The van der Waals surface area contributed by atoms with Crippen LogP contribution >= 0.6 is 11.8 Å². The number of benzene rings is 1. The van der Waals surface area contributed by atoms with Crippen LogP contribution in [-0.4, -0.2) is 23.4 Å². The summed E-state index contributed by atoms with van der Waals surface area (Å²) in [4.78, 5) is 12.0. The fourth-order valence-electron chi connectivity index (χ4n) is 1.54. The molecule has 0 aromatic heterocycles. The van der Waals surface area contributed by atoms with Gasteiger partial charge < -0.3 is 10.4 Å². The number of hydrogen-bond acceptors (Lipinski definition) is 3. The molecule has 0 amide bonds. The van der Waals surface area contributed by atoms with E-state index in [1.807, 2.05) is 19.2 Å². The predicted octanol–water partition coefficient (Wildman–Crippen LogP) is 2.93. The van der Waals surface area contributed by atoms with Crippen molar-refractivity contribution >= 4 is 23.4 Å². The van der Waals surface area contributed by atoms with Crippen LogP contribution in [0.2, 0.25) is 0 Å². The fourth-order valence-corrected chi connectivity index (χ4v) is 2.15. The number of aromatic carboxylic acids is 1. The summed E-state index contributed by atoms with van der Waals surface area (Å²) >= 11 is 1.42. The molecule has 1 rings (SSSR count). The van der Waals surface area contributed by atoms with Crippen molar-refractivity contribution in [2.24, 2.45) is 0 Å². The van der Waals surface area contributed by atoms with Crippen molar-refractivity contribution in [3.8, 4) is 12.3 Å². The van der Waals surface area contributed by atoms with E-state index < -0.39 is 5.97 Å². The van der Waals surface area contributed by atoms with E-state index in [0.717, 1.165) is 4.90 Å². The number of carbonyl (C=O) groups is 1. The summed E-state index contributed by atoms with van der Waals surface area (Å²) in [6.45, 7) is 1.93. The van der Waals surface area contributed by atoms with E-state index in [2.05, 4.69) is 11.2 Å². The number of hydrogen-bond donors (Lipinski definition) is 2. The molecule has 1 aromatic carbocycles. The maximum absolute atomic E-state index is 11.2. The number of terminal acetylenes is 1. The van der Waals surface area contributed by atoms with Gasteiger partial charge in [-0.3, -0.25) is 0 Å². The lowest BCUT2D eigenvalue weighted by molar-refractivity contribution is 0.0694. The van der Waals surface area contributed by atoms with Gasteiger partial charge in [-0.2, -0.15) is 0 Å². The summed E-state index contributed by atoms with van der Waals surface area (Å²) in [5, 5.41) is 12.4. The lowest BCUT2D eigenvalue weighted by Gasteiger charge is -2.16. The molecule has 1 atom stereocenters. The third-order valence-electron chi connectivity index (χ3n) is 2.29. The van der Waals surface area contributed by atoms with E-state index in [4.69, 9.17) is 6.42 Å². The van der Waals surface area contributed by atoms with E-state index in [-0.39, 0.29) is 6.04 Å². The summed E-state index contributed by atoms with van der Waals surface area (Å²) in [6, 6.07) is 5.44. The standard InChI is InChI=1S/C13H15NO2S/c1-4-6-9(2)14-10-7-5-8-11(17-3)12(10)13(15)16/h1,5,7-9,14H,6H2,2-3H3,(H,15,16). The minimum atomic E-state index is -0.926. The number of thioether (sulfide) groups is 1. The van der Waals surface area contributed by atoms with Gasteiger partial charge in [-0.05, 0) is 25.3 Å². The molecule has 0 saturated carbocycles. The Hall–Kier alpha value is -1.60. The van der Waals surface area contributed by atoms with E-state index in [9.17, 15) is 9.90 Å². The van der Waals surface area contributed by atoms with Crippen molar-refractivity contribution in [2.45, 2.75) is 24.3 Å². The largest absolute Gasteiger partial charge is 0.478 e. The summed E-state index contributed by atoms with van der Waals surface area (Å²) in [5.74, 6) is 1.62. The first-order valence-electron chi connectivity index (χ1n) is 5.20. The maximum Gasteiger partial charge on any atom is 0.338 e. The Balaban J connectivity index is 3.07. The second-order valence-corrected chi connectivity index (χ2v) is 4.49. The van der Waals surface area contributed by atoms with Crippen molar-refractivity contribution in [3.63, 3.8) is 0 Å². The molecule has 1 unspecified atom stereocenters. The Morgan fingerprint density at radius 2 is 2.35 bits per heavy atom. The van der Waals surface area contributed by atoms with Crippen molar-refractivity contribution in [3.05, 3.63) is 23.8 Å². The molecule has 0 aliphatic rings. The van der Waals surface area contributed by atoms with Crippen molar-refractivity contribution in [2.75, 3.05) is 11.6 Å². The number of nitrogens with one attached hydrogen (secondary N) is 1. The molecule has 90 valence electrons. The first kappa shape index (κ1) is 13.5. The highest BCUT2D eigenvalue weighted by atomic mass is 32.2. The van der Waals surface area contributed by atoms with Gasteiger partial charge in [0.15, 0.2) is 0 Å². The predicted molar refractivity (Wildman–Crippen MR) is 71.7 cm³/mol. The maximum atomic E-state index is 11.2. The highest BCUT2D eigenvalue weighted by Crippen LogP contribution is 2.27. The molecule has 0 fully saturated rings. The molecule has 0 heterocycles. The molecule has 4 heteroatoms. The minimum Gasteiger partial charge on any atom is -0.478 e. The molecule has 0 aliphatic carbocycles. The molecule has 0 spiro atoms. The topological polar surface area (TPSA) is 49.3 Å². The van der Waals surface area contributed by atoms with Gasteiger partial charge in [0, 0.05) is 17.4 Å². The summed E-state index contributed by atoms with van der Waals surface area (Å²) in [5.41, 5.74) is 0.927. The van der Waals surface area contributed by atoms with Crippen LogP contribution in [0.3, 0.4) is 0 Å². The van der Waals surface area contributed by atoms with Gasteiger partial charge in [-0.15, -0.1) is 24.1 Å². The van der Waals surface area contributed by atoms with Crippen molar-refractivity contribution in [1.82, 2.24) is 0 Å². The zero-order chi connectivity index (χ0) is 12.8. The Kier molecular flexibility index (Phi) is 4.92. The number of rotatable bonds is 5. The normalized spacial score (nSPS) is 11.6. The van der Waals surface area contributed by atoms with Crippen LogP contribution in [0.5, 0.6) is 0 Å². The lowest BCUT2D eigenvalue weighted by Crippen LogP contribution is -2.17. The monoisotopic (exact) mass is 249 g/mol. The average molecular weight is 249 g/mol. The molecule has 0 radical (unpaired) electrons.